The van der Waals surface area contributed by atoms with E-state index in [1.54, 1.807) is 12.1 Å². The summed E-state index contributed by atoms with van der Waals surface area (Å²) in [5.74, 6) is -4.43. The van der Waals surface area contributed by atoms with Crippen LogP contribution in [-0.2, 0) is 14.3 Å². The lowest BCUT2D eigenvalue weighted by molar-refractivity contribution is -0.144. The van der Waals surface area contributed by atoms with Gasteiger partial charge in [0.1, 0.15) is 5.92 Å². The zero-order valence-corrected chi connectivity index (χ0v) is 23.3. The summed E-state index contributed by atoms with van der Waals surface area (Å²) in [5.41, 5.74) is 1.69. The number of methoxy groups -OCH3 is 2. The lowest BCUT2D eigenvalue weighted by atomic mass is 9.86. The van der Waals surface area contributed by atoms with E-state index in [0.29, 0.717) is 12.1 Å². The molecule has 0 saturated carbocycles. The van der Waals surface area contributed by atoms with Crippen LogP contribution in [0.25, 0.3) is 0 Å². The number of hydrogen-bond acceptors (Lipinski definition) is 8. The molecule has 2 aromatic carbocycles. The summed E-state index contributed by atoms with van der Waals surface area (Å²) < 4.78 is 37.9. The van der Waals surface area contributed by atoms with Crippen LogP contribution in [0, 0.1) is 28.9 Å². The average molecular weight is 583 g/mol. The monoisotopic (exact) mass is 582 g/mol. The van der Waals surface area contributed by atoms with Crippen molar-refractivity contribution < 1.29 is 32.6 Å². The molecule has 11 nitrogen and oxygen atoms in total. The molecule has 2 N–H and O–H groups in total. The summed E-state index contributed by atoms with van der Waals surface area (Å²) >= 11 is 0. The van der Waals surface area contributed by atoms with Crippen LogP contribution in [0.2, 0.25) is 0 Å². The van der Waals surface area contributed by atoms with Crippen LogP contribution in [0.3, 0.4) is 0 Å². The van der Waals surface area contributed by atoms with Crippen molar-refractivity contribution in [2.75, 3.05) is 51.9 Å². The smallest absolute Gasteiger partial charge is 0.352 e. The number of imide groups is 1. The summed E-state index contributed by atoms with van der Waals surface area (Å²) in [6, 6.07) is 9.53. The van der Waals surface area contributed by atoms with Gasteiger partial charge < -0.3 is 25.0 Å². The number of nitrogens with zero attached hydrogens (tertiary/aromatic N) is 4. The molecule has 0 aromatic heterocycles. The predicted molar refractivity (Wildman–Crippen MR) is 149 cm³/mol. The number of aliphatic imine (C=N–C) groups is 1. The van der Waals surface area contributed by atoms with Crippen molar-refractivity contribution in [2.45, 2.75) is 24.9 Å². The van der Waals surface area contributed by atoms with Crippen molar-refractivity contribution in [1.29, 1.82) is 5.26 Å². The molecule has 0 radical (unpaired) electrons. The number of amides is 4. The van der Waals surface area contributed by atoms with E-state index in [9.17, 15) is 23.2 Å². The van der Waals surface area contributed by atoms with Crippen molar-refractivity contribution in [2.24, 2.45) is 10.9 Å². The van der Waals surface area contributed by atoms with Gasteiger partial charge in [-0.1, -0.05) is 6.07 Å². The summed E-state index contributed by atoms with van der Waals surface area (Å²) in [5, 5.41) is 15.0. The van der Waals surface area contributed by atoms with Gasteiger partial charge in [0.25, 0.3) is 0 Å². The molecular weight excluding hydrogens is 550 g/mol. The van der Waals surface area contributed by atoms with E-state index in [1.165, 1.54) is 13.2 Å². The largest absolute Gasteiger partial charge is 0.468 e. The number of esters is 1. The molecule has 1 saturated heterocycles. The zero-order valence-electron chi connectivity index (χ0n) is 23.3. The van der Waals surface area contributed by atoms with Crippen LogP contribution >= 0.6 is 0 Å². The Morgan fingerprint density at radius 1 is 1.07 bits per heavy atom. The number of hydrogen-bond donors (Lipinski definition) is 2. The van der Waals surface area contributed by atoms with Gasteiger partial charge in [-0.2, -0.15) is 10.3 Å². The maximum atomic E-state index is 14.2. The molecular formula is C29H32F2N6O5. The Kier molecular flexibility index (Phi) is 10.2. The second kappa shape index (κ2) is 14.0. The molecule has 222 valence electrons. The van der Waals surface area contributed by atoms with Crippen molar-refractivity contribution in [3.05, 3.63) is 65.2 Å². The van der Waals surface area contributed by atoms with Gasteiger partial charge in [-0.3, -0.25) is 4.79 Å². The number of urea groups is 2. The molecule has 1 fully saturated rings. The second-order valence-electron chi connectivity index (χ2n) is 9.91. The Morgan fingerprint density at radius 3 is 2.40 bits per heavy atom. The van der Waals surface area contributed by atoms with Gasteiger partial charge >= 0.3 is 18.0 Å². The fourth-order valence-corrected chi connectivity index (χ4v) is 5.23. The lowest BCUT2D eigenvalue weighted by Gasteiger charge is -2.37. The number of rotatable bonds is 9. The SMILES string of the molecule is COCC1=NC(=O)N(C(=O)NCCNC2CCN(c3ccc(C#N)cc3)CC2)[C@@H](c2ccc(F)c(F)c2)C1C(=O)OC. The molecule has 2 aliphatic heterocycles. The first-order valence-electron chi connectivity index (χ1n) is 13.5. The highest BCUT2D eigenvalue weighted by atomic mass is 19.2. The van der Waals surface area contributed by atoms with Crippen LogP contribution < -0.4 is 15.5 Å². The fraction of sp³-hybridized carbons (Fsp3) is 0.414. The fourth-order valence-electron chi connectivity index (χ4n) is 5.23. The van der Waals surface area contributed by atoms with Crippen LogP contribution in [-0.4, -0.2) is 81.7 Å². The van der Waals surface area contributed by atoms with E-state index in [0.717, 1.165) is 55.8 Å². The van der Waals surface area contributed by atoms with Crippen molar-refractivity contribution >= 4 is 29.4 Å². The number of piperidine rings is 1. The van der Waals surface area contributed by atoms with E-state index in [-0.39, 0.29) is 30.5 Å². The van der Waals surface area contributed by atoms with Crippen molar-refractivity contribution in [3.63, 3.8) is 0 Å². The molecule has 4 amide bonds. The van der Waals surface area contributed by atoms with Crippen LogP contribution in [0.1, 0.15) is 30.0 Å². The average Bonchev–Trinajstić information content (AvgIpc) is 3.00. The molecule has 0 spiro atoms. The highest BCUT2D eigenvalue weighted by Crippen LogP contribution is 2.36. The Bertz CT molecular complexity index is 1370. The number of nitriles is 1. The van der Waals surface area contributed by atoms with Gasteiger partial charge in [0, 0.05) is 45.0 Å². The first-order chi connectivity index (χ1) is 20.3. The Morgan fingerprint density at radius 2 is 1.79 bits per heavy atom. The van der Waals surface area contributed by atoms with E-state index >= 15 is 0 Å². The highest BCUT2D eigenvalue weighted by molar-refractivity contribution is 6.12. The minimum atomic E-state index is -1.35. The van der Waals surface area contributed by atoms with E-state index in [1.807, 2.05) is 12.1 Å². The third kappa shape index (κ3) is 6.89. The van der Waals surface area contributed by atoms with Crippen LogP contribution in [0.5, 0.6) is 0 Å². The van der Waals surface area contributed by atoms with Crippen molar-refractivity contribution in [1.82, 2.24) is 15.5 Å². The summed E-state index contributed by atoms with van der Waals surface area (Å²) in [6.07, 6.45) is 1.74. The van der Waals surface area contributed by atoms with Crippen molar-refractivity contribution in [3.8, 4) is 6.07 Å². The molecule has 0 bridgehead atoms. The number of halogens is 2. The van der Waals surface area contributed by atoms with E-state index < -0.39 is 41.6 Å². The van der Waals surface area contributed by atoms with Gasteiger partial charge in [0.2, 0.25) is 0 Å². The highest BCUT2D eigenvalue weighted by Gasteiger charge is 2.47. The number of carbonyl (C=O) groups excluding carboxylic acids is 3. The maximum Gasteiger partial charge on any atom is 0.352 e. The van der Waals surface area contributed by atoms with E-state index in [4.69, 9.17) is 14.7 Å². The first kappa shape index (κ1) is 30.5. The normalized spacial score (nSPS) is 19.2. The topological polar surface area (TPSA) is 136 Å². The quantitative estimate of drug-likeness (QED) is 0.340. The lowest BCUT2D eigenvalue weighted by Crippen LogP contribution is -2.54. The molecule has 2 aromatic rings. The molecule has 4 rings (SSSR count). The maximum absolute atomic E-state index is 14.2. The van der Waals surface area contributed by atoms with Gasteiger partial charge in [-0.05, 0) is 54.8 Å². The van der Waals surface area contributed by atoms with Gasteiger partial charge in [-0.25, -0.2) is 23.3 Å². The number of anilines is 1. The number of carbonyl (C=O) groups is 3. The van der Waals surface area contributed by atoms with Gasteiger partial charge in [0.05, 0.1) is 37.1 Å². The third-order valence-electron chi connectivity index (χ3n) is 7.34. The second-order valence-corrected chi connectivity index (χ2v) is 9.91. The zero-order chi connectivity index (χ0) is 30.2. The molecule has 2 atom stereocenters. The third-order valence-corrected chi connectivity index (χ3v) is 7.34. The minimum Gasteiger partial charge on any atom is -0.468 e. The summed E-state index contributed by atoms with van der Waals surface area (Å²) in [4.78, 5) is 46.0. The van der Waals surface area contributed by atoms with Gasteiger partial charge in [0.15, 0.2) is 11.6 Å². The molecule has 42 heavy (non-hydrogen) atoms. The summed E-state index contributed by atoms with van der Waals surface area (Å²) in [7, 11) is 2.48. The Balaban J connectivity index is 1.39. The molecule has 1 unspecified atom stereocenters. The number of nitrogens with one attached hydrogen (secondary N) is 2. The molecule has 2 heterocycles. The van der Waals surface area contributed by atoms with E-state index in [2.05, 4.69) is 26.6 Å². The molecule has 2 aliphatic rings. The first-order valence-corrected chi connectivity index (χ1v) is 13.5. The Hall–Kier alpha value is -4.41. The Labute approximate surface area is 242 Å². The molecule has 13 heteroatoms. The van der Waals surface area contributed by atoms with Gasteiger partial charge in [-0.15, -0.1) is 0 Å². The summed E-state index contributed by atoms with van der Waals surface area (Å²) in [6.45, 7) is 2.00. The van der Waals surface area contributed by atoms with Crippen LogP contribution in [0.15, 0.2) is 47.5 Å². The number of ether oxygens (including phenoxy) is 2. The number of benzene rings is 2. The predicted octanol–water partition coefficient (Wildman–Crippen LogP) is 3.16. The van der Waals surface area contributed by atoms with Crippen LogP contribution in [0.4, 0.5) is 24.1 Å². The molecule has 0 aliphatic carbocycles. The standard InChI is InChI=1S/C29H32F2N6O5/c1-41-17-24-25(27(38)42-2)26(19-5-8-22(30)23(31)15-19)37(29(40)35-24)28(39)34-12-11-33-20-9-13-36(14-10-20)21-6-3-18(16-32)4-7-21/h3-8,15,20,25-26,33H,9-14,17H2,1-2H3,(H,34,39)/t25?,26-/m0/s1. The minimum absolute atomic E-state index is 0.00199.